The van der Waals surface area contributed by atoms with Crippen LogP contribution in [0.1, 0.15) is 52.9 Å². The van der Waals surface area contributed by atoms with Crippen molar-refractivity contribution >= 4 is 5.78 Å². The molecule has 0 aromatic heterocycles. The van der Waals surface area contributed by atoms with E-state index in [2.05, 4.69) is 26.1 Å². The Labute approximate surface area is 92.8 Å². The van der Waals surface area contributed by atoms with Crippen molar-refractivity contribution in [2.24, 2.45) is 11.3 Å². The minimum Gasteiger partial charge on any atom is -0.311 e. The van der Waals surface area contributed by atoms with Crippen LogP contribution >= 0.6 is 0 Å². The Hall–Kier alpha value is -0.370. The van der Waals surface area contributed by atoms with E-state index < -0.39 is 0 Å². The van der Waals surface area contributed by atoms with Gasteiger partial charge < -0.3 is 5.32 Å². The van der Waals surface area contributed by atoms with Crippen molar-refractivity contribution in [3.8, 4) is 0 Å². The molecule has 1 saturated heterocycles. The first-order chi connectivity index (χ1) is 7.00. The summed E-state index contributed by atoms with van der Waals surface area (Å²) < 4.78 is 0. The summed E-state index contributed by atoms with van der Waals surface area (Å²) >= 11 is 0. The van der Waals surface area contributed by atoms with Gasteiger partial charge in [-0.05, 0) is 32.6 Å². The monoisotopic (exact) mass is 209 g/mol. The van der Waals surface area contributed by atoms with Crippen molar-refractivity contribution in [2.75, 3.05) is 0 Å². The zero-order chi connectivity index (χ0) is 11.1. The van der Waals surface area contributed by atoms with E-state index in [4.69, 9.17) is 0 Å². The van der Waals surface area contributed by atoms with Crippen molar-refractivity contribution in [2.45, 2.75) is 65.0 Å². The Balaban J connectivity index is 2.03. The molecule has 2 fully saturated rings. The van der Waals surface area contributed by atoms with Crippen molar-refractivity contribution in [3.63, 3.8) is 0 Å². The second-order valence-corrected chi connectivity index (χ2v) is 6.00. The van der Waals surface area contributed by atoms with Crippen LogP contribution in [0.5, 0.6) is 0 Å². The van der Waals surface area contributed by atoms with Crippen LogP contribution in [0.2, 0.25) is 0 Å². The van der Waals surface area contributed by atoms with E-state index in [1.54, 1.807) is 0 Å². The Kier molecular flexibility index (Phi) is 2.89. The number of rotatable bonds is 1. The van der Waals surface area contributed by atoms with Crippen LogP contribution in [0.15, 0.2) is 0 Å². The third-order valence-corrected chi connectivity index (χ3v) is 4.22. The molecule has 0 aromatic carbocycles. The highest BCUT2D eigenvalue weighted by Gasteiger charge is 2.44. The number of hydrogen-bond acceptors (Lipinski definition) is 2. The van der Waals surface area contributed by atoms with Crippen LogP contribution in [0.25, 0.3) is 0 Å². The maximum absolute atomic E-state index is 12.2. The second-order valence-electron chi connectivity index (χ2n) is 6.00. The molecule has 2 heteroatoms. The average Bonchev–Trinajstić information content (AvgIpc) is 2.42. The Bertz CT molecular complexity index is 259. The second kappa shape index (κ2) is 3.89. The number of nitrogens with one attached hydrogen (secondary N) is 1. The van der Waals surface area contributed by atoms with E-state index in [-0.39, 0.29) is 5.41 Å². The lowest BCUT2D eigenvalue weighted by Crippen LogP contribution is -2.47. The van der Waals surface area contributed by atoms with E-state index in [1.807, 2.05) is 0 Å². The van der Waals surface area contributed by atoms with Gasteiger partial charge in [-0.3, -0.25) is 4.79 Å². The van der Waals surface area contributed by atoms with E-state index >= 15 is 0 Å². The summed E-state index contributed by atoms with van der Waals surface area (Å²) in [6.45, 7) is 6.43. The van der Waals surface area contributed by atoms with Crippen LogP contribution in [-0.4, -0.2) is 17.9 Å². The standard InChI is InChI=1S/C13H23NO/c1-9-5-4-6-11(14-9)10-7-8-13(2,3)12(10)15/h9-11,14H,4-8H2,1-3H3. The van der Waals surface area contributed by atoms with Crippen molar-refractivity contribution in [3.05, 3.63) is 0 Å². The van der Waals surface area contributed by atoms with E-state index in [9.17, 15) is 4.79 Å². The molecule has 1 aliphatic heterocycles. The average molecular weight is 209 g/mol. The van der Waals surface area contributed by atoms with E-state index in [0.29, 0.717) is 23.8 Å². The van der Waals surface area contributed by atoms with Crippen molar-refractivity contribution < 1.29 is 4.79 Å². The van der Waals surface area contributed by atoms with Gasteiger partial charge in [0.1, 0.15) is 5.78 Å². The SMILES string of the molecule is CC1CCCC(C2CCC(C)(C)C2=O)N1. The zero-order valence-corrected chi connectivity index (χ0v) is 10.2. The Morgan fingerprint density at radius 1 is 1.27 bits per heavy atom. The van der Waals surface area contributed by atoms with Gasteiger partial charge in [-0.1, -0.05) is 20.3 Å². The number of piperidine rings is 1. The molecule has 2 aliphatic rings. The van der Waals surface area contributed by atoms with Crippen molar-refractivity contribution in [1.82, 2.24) is 5.32 Å². The number of carbonyl (C=O) groups is 1. The third kappa shape index (κ3) is 2.10. The lowest BCUT2D eigenvalue weighted by molar-refractivity contribution is -0.128. The number of ketones is 1. The maximum Gasteiger partial charge on any atom is 0.143 e. The molecular formula is C13H23NO. The highest BCUT2D eigenvalue weighted by Crippen LogP contribution is 2.40. The number of Topliss-reactive ketones (excluding diaryl/α,β-unsaturated/α-hetero) is 1. The summed E-state index contributed by atoms with van der Waals surface area (Å²) in [5.74, 6) is 0.789. The molecule has 2 nitrogen and oxygen atoms in total. The van der Waals surface area contributed by atoms with Gasteiger partial charge >= 0.3 is 0 Å². The first-order valence-corrected chi connectivity index (χ1v) is 6.31. The van der Waals surface area contributed by atoms with Gasteiger partial charge in [0, 0.05) is 23.4 Å². The molecule has 3 atom stereocenters. The van der Waals surface area contributed by atoms with Gasteiger partial charge in [0.25, 0.3) is 0 Å². The molecule has 0 amide bonds. The molecule has 1 N–H and O–H groups in total. The largest absolute Gasteiger partial charge is 0.311 e. The first-order valence-electron chi connectivity index (χ1n) is 6.31. The molecule has 1 aliphatic carbocycles. The predicted octanol–water partition coefficient (Wildman–Crippen LogP) is 2.52. The first kappa shape index (κ1) is 11.1. The highest BCUT2D eigenvalue weighted by molar-refractivity contribution is 5.88. The summed E-state index contributed by atoms with van der Waals surface area (Å²) in [6.07, 6.45) is 5.90. The fourth-order valence-corrected chi connectivity index (χ4v) is 3.15. The summed E-state index contributed by atoms with van der Waals surface area (Å²) in [4.78, 5) is 12.2. The van der Waals surface area contributed by atoms with Crippen LogP contribution in [0.4, 0.5) is 0 Å². The Morgan fingerprint density at radius 3 is 2.53 bits per heavy atom. The molecular weight excluding hydrogens is 186 g/mol. The van der Waals surface area contributed by atoms with Crippen LogP contribution in [-0.2, 0) is 4.79 Å². The molecule has 0 aromatic rings. The quantitative estimate of drug-likeness (QED) is 0.719. The fourth-order valence-electron chi connectivity index (χ4n) is 3.15. The molecule has 2 rings (SSSR count). The lowest BCUT2D eigenvalue weighted by atomic mass is 9.84. The molecule has 1 saturated carbocycles. The normalized spacial score (nSPS) is 40.7. The van der Waals surface area contributed by atoms with Gasteiger partial charge in [0.05, 0.1) is 0 Å². The molecule has 1 heterocycles. The zero-order valence-electron chi connectivity index (χ0n) is 10.2. The molecule has 0 spiro atoms. The summed E-state index contributed by atoms with van der Waals surface area (Å²) in [5.41, 5.74) is -0.0625. The number of carbonyl (C=O) groups excluding carboxylic acids is 1. The highest BCUT2D eigenvalue weighted by atomic mass is 16.1. The maximum atomic E-state index is 12.2. The number of hydrogen-bond donors (Lipinski definition) is 1. The van der Waals surface area contributed by atoms with E-state index in [1.165, 1.54) is 19.3 Å². The molecule has 3 unspecified atom stereocenters. The van der Waals surface area contributed by atoms with Crippen LogP contribution in [0, 0.1) is 11.3 Å². The fraction of sp³-hybridized carbons (Fsp3) is 0.923. The van der Waals surface area contributed by atoms with Crippen molar-refractivity contribution in [1.29, 1.82) is 0 Å². The molecule has 0 bridgehead atoms. The van der Waals surface area contributed by atoms with Gasteiger partial charge in [0.2, 0.25) is 0 Å². The van der Waals surface area contributed by atoms with Gasteiger partial charge in [-0.2, -0.15) is 0 Å². The third-order valence-electron chi connectivity index (χ3n) is 4.22. The Morgan fingerprint density at radius 2 is 2.00 bits per heavy atom. The van der Waals surface area contributed by atoms with Gasteiger partial charge in [-0.25, -0.2) is 0 Å². The summed E-state index contributed by atoms with van der Waals surface area (Å²) in [5, 5.41) is 3.61. The minimum absolute atomic E-state index is 0.0625. The lowest BCUT2D eigenvalue weighted by Gasteiger charge is -2.32. The van der Waals surface area contributed by atoms with Gasteiger partial charge in [0.15, 0.2) is 0 Å². The molecule has 0 radical (unpaired) electrons. The predicted molar refractivity (Wildman–Crippen MR) is 61.7 cm³/mol. The topological polar surface area (TPSA) is 29.1 Å². The van der Waals surface area contributed by atoms with E-state index in [0.717, 1.165) is 12.8 Å². The van der Waals surface area contributed by atoms with Gasteiger partial charge in [-0.15, -0.1) is 0 Å². The summed E-state index contributed by atoms with van der Waals surface area (Å²) in [6, 6.07) is 1.06. The van der Waals surface area contributed by atoms with Crippen LogP contribution < -0.4 is 5.32 Å². The summed E-state index contributed by atoms with van der Waals surface area (Å²) in [7, 11) is 0. The minimum atomic E-state index is -0.0625. The molecule has 15 heavy (non-hydrogen) atoms. The molecule has 86 valence electrons. The smallest absolute Gasteiger partial charge is 0.143 e. The van der Waals surface area contributed by atoms with Crippen LogP contribution in [0.3, 0.4) is 0 Å².